The molecule has 1 rings (SSSR count). The van der Waals surface area contributed by atoms with E-state index in [1.54, 1.807) is 14.2 Å². The van der Waals surface area contributed by atoms with Crippen LogP contribution in [0.25, 0.3) is 0 Å². The molecule has 1 unspecified atom stereocenters. The van der Waals surface area contributed by atoms with Crippen LogP contribution < -0.4 is 5.73 Å². The molecule has 0 aromatic heterocycles. The first-order chi connectivity index (χ1) is 8.97. The van der Waals surface area contributed by atoms with Gasteiger partial charge in [-0.25, -0.2) is 0 Å². The Morgan fingerprint density at radius 3 is 2.16 bits per heavy atom. The van der Waals surface area contributed by atoms with E-state index in [4.69, 9.17) is 15.2 Å². The molecule has 0 aliphatic carbocycles. The largest absolute Gasteiger partial charge is 0.354 e. The number of hydrogen-bond acceptors (Lipinski definition) is 4. The van der Waals surface area contributed by atoms with Crippen LogP contribution in [0.15, 0.2) is 24.3 Å². The Morgan fingerprint density at radius 2 is 1.74 bits per heavy atom. The Bertz CT molecular complexity index is 376. The second-order valence-electron chi connectivity index (χ2n) is 5.21. The molecule has 4 heteroatoms. The molecule has 0 fully saturated rings. The molecule has 0 bridgehead atoms. The van der Waals surface area contributed by atoms with Gasteiger partial charge >= 0.3 is 0 Å². The first-order valence-corrected chi connectivity index (χ1v) is 6.50. The van der Waals surface area contributed by atoms with Crippen molar-refractivity contribution in [3.05, 3.63) is 35.4 Å². The van der Waals surface area contributed by atoms with Crippen molar-refractivity contribution in [2.45, 2.75) is 32.2 Å². The van der Waals surface area contributed by atoms with Crippen LogP contribution in [0.4, 0.5) is 0 Å². The van der Waals surface area contributed by atoms with E-state index in [1.807, 2.05) is 7.05 Å². The number of benzene rings is 1. The summed E-state index contributed by atoms with van der Waals surface area (Å²) < 4.78 is 10.8. The zero-order valence-corrected chi connectivity index (χ0v) is 12.6. The predicted molar refractivity (Wildman–Crippen MR) is 77.9 cm³/mol. The van der Waals surface area contributed by atoms with Gasteiger partial charge in [-0.05, 0) is 26.5 Å². The third-order valence-electron chi connectivity index (χ3n) is 3.76. The van der Waals surface area contributed by atoms with Crippen LogP contribution >= 0.6 is 0 Å². The maximum absolute atomic E-state index is 5.94. The SMILES string of the molecule is COC(OC)C(C)(CN)N(C)Cc1ccc(C)cc1. The molecule has 0 aliphatic rings. The molecule has 0 radical (unpaired) electrons. The summed E-state index contributed by atoms with van der Waals surface area (Å²) in [7, 11) is 5.32. The summed E-state index contributed by atoms with van der Waals surface area (Å²) in [6.45, 7) is 5.40. The first kappa shape index (κ1) is 16.1. The maximum Gasteiger partial charge on any atom is 0.176 e. The number of likely N-dealkylation sites (N-methyl/N-ethyl adjacent to an activating group) is 1. The van der Waals surface area contributed by atoms with Crippen molar-refractivity contribution in [1.82, 2.24) is 4.90 Å². The summed E-state index contributed by atoms with van der Waals surface area (Å²) in [5.41, 5.74) is 8.08. The van der Waals surface area contributed by atoms with Crippen LogP contribution in [0.5, 0.6) is 0 Å². The topological polar surface area (TPSA) is 47.7 Å². The summed E-state index contributed by atoms with van der Waals surface area (Å²) in [6.07, 6.45) is -0.354. The van der Waals surface area contributed by atoms with Gasteiger partial charge in [0, 0.05) is 27.3 Å². The van der Waals surface area contributed by atoms with Gasteiger partial charge in [-0.2, -0.15) is 0 Å². The highest BCUT2D eigenvalue weighted by Gasteiger charge is 2.37. The van der Waals surface area contributed by atoms with Crippen molar-refractivity contribution >= 4 is 0 Å². The Balaban J connectivity index is 2.83. The van der Waals surface area contributed by atoms with E-state index >= 15 is 0 Å². The highest BCUT2D eigenvalue weighted by atomic mass is 16.7. The molecule has 19 heavy (non-hydrogen) atoms. The van der Waals surface area contributed by atoms with Crippen molar-refractivity contribution < 1.29 is 9.47 Å². The van der Waals surface area contributed by atoms with Crippen molar-refractivity contribution in [2.24, 2.45) is 5.73 Å². The molecular weight excluding hydrogens is 240 g/mol. The van der Waals surface area contributed by atoms with Gasteiger partial charge in [0.1, 0.15) is 0 Å². The van der Waals surface area contributed by atoms with Crippen LogP contribution in [-0.2, 0) is 16.0 Å². The molecule has 1 atom stereocenters. The van der Waals surface area contributed by atoms with E-state index in [-0.39, 0.29) is 11.8 Å². The number of nitrogens with two attached hydrogens (primary N) is 1. The average molecular weight is 266 g/mol. The normalized spacial score (nSPS) is 14.9. The minimum Gasteiger partial charge on any atom is -0.354 e. The summed E-state index contributed by atoms with van der Waals surface area (Å²) in [4.78, 5) is 2.18. The van der Waals surface area contributed by atoms with Gasteiger partial charge in [-0.1, -0.05) is 29.8 Å². The Hall–Kier alpha value is -0.940. The molecular formula is C15H26N2O2. The van der Waals surface area contributed by atoms with Crippen LogP contribution in [0.3, 0.4) is 0 Å². The van der Waals surface area contributed by atoms with E-state index < -0.39 is 0 Å². The third kappa shape index (κ3) is 3.76. The fourth-order valence-corrected chi connectivity index (χ4v) is 2.18. The molecule has 2 N–H and O–H groups in total. The summed E-state index contributed by atoms with van der Waals surface area (Å²) in [5, 5.41) is 0. The zero-order valence-electron chi connectivity index (χ0n) is 12.6. The van der Waals surface area contributed by atoms with Gasteiger partial charge in [0.15, 0.2) is 6.29 Å². The highest BCUT2D eigenvalue weighted by Crippen LogP contribution is 2.22. The van der Waals surface area contributed by atoms with E-state index in [0.29, 0.717) is 6.54 Å². The maximum atomic E-state index is 5.94. The smallest absolute Gasteiger partial charge is 0.176 e. The molecule has 1 aromatic rings. The van der Waals surface area contributed by atoms with Crippen LogP contribution in [0.2, 0.25) is 0 Å². The lowest BCUT2D eigenvalue weighted by molar-refractivity contribution is -0.178. The highest BCUT2D eigenvalue weighted by molar-refractivity contribution is 5.21. The second-order valence-corrected chi connectivity index (χ2v) is 5.21. The van der Waals surface area contributed by atoms with Gasteiger partial charge in [0.25, 0.3) is 0 Å². The molecule has 0 heterocycles. The van der Waals surface area contributed by atoms with Crippen molar-refractivity contribution in [3.63, 3.8) is 0 Å². The Morgan fingerprint density at radius 1 is 1.21 bits per heavy atom. The van der Waals surface area contributed by atoms with Crippen molar-refractivity contribution in [3.8, 4) is 0 Å². The number of hydrogen-bond donors (Lipinski definition) is 1. The lowest BCUT2D eigenvalue weighted by atomic mass is 9.98. The van der Waals surface area contributed by atoms with E-state index in [1.165, 1.54) is 11.1 Å². The number of nitrogens with zero attached hydrogens (tertiary/aromatic N) is 1. The molecule has 0 aliphatic heterocycles. The van der Waals surface area contributed by atoms with Crippen molar-refractivity contribution in [2.75, 3.05) is 27.8 Å². The summed E-state index contributed by atoms with van der Waals surface area (Å²) in [6, 6.07) is 8.51. The fraction of sp³-hybridized carbons (Fsp3) is 0.600. The molecule has 0 saturated heterocycles. The Labute approximate surface area is 116 Å². The first-order valence-electron chi connectivity index (χ1n) is 6.50. The Kier molecular flexibility index (Phi) is 5.94. The van der Waals surface area contributed by atoms with Crippen LogP contribution in [-0.4, -0.2) is 44.5 Å². The minimum atomic E-state index is -0.367. The van der Waals surface area contributed by atoms with E-state index in [0.717, 1.165) is 6.54 Å². The molecule has 1 aromatic carbocycles. The minimum absolute atomic E-state index is 0.354. The molecule has 0 saturated carbocycles. The molecule has 0 spiro atoms. The third-order valence-corrected chi connectivity index (χ3v) is 3.76. The second kappa shape index (κ2) is 7.01. The molecule has 0 amide bonds. The lowest BCUT2D eigenvalue weighted by Crippen LogP contribution is -2.58. The van der Waals surface area contributed by atoms with Gasteiger partial charge < -0.3 is 15.2 Å². The monoisotopic (exact) mass is 266 g/mol. The van der Waals surface area contributed by atoms with Crippen molar-refractivity contribution in [1.29, 1.82) is 0 Å². The fourth-order valence-electron chi connectivity index (χ4n) is 2.18. The number of methoxy groups -OCH3 is 2. The van der Waals surface area contributed by atoms with Gasteiger partial charge in [0.2, 0.25) is 0 Å². The lowest BCUT2D eigenvalue weighted by Gasteiger charge is -2.42. The average Bonchev–Trinajstić information content (AvgIpc) is 2.42. The molecule has 4 nitrogen and oxygen atoms in total. The van der Waals surface area contributed by atoms with Gasteiger partial charge in [0.05, 0.1) is 5.54 Å². The van der Waals surface area contributed by atoms with E-state index in [9.17, 15) is 0 Å². The van der Waals surface area contributed by atoms with Crippen LogP contribution in [0.1, 0.15) is 18.1 Å². The van der Waals surface area contributed by atoms with Crippen LogP contribution in [0, 0.1) is 6.92 Å². The van der Waals surface area contributed by atoms with Gasteiger partial charge in [-0.15, -0.1) is 0 Å². The standard InChI is InChI=1S/C15H26N2O2/c1-12-6-8-13(9-7-12)10-17(3)15(2,11-16)14(18-4)19-5/h6-9,14H,10-11,16H2,1-5H3. The zero-order chi connectivity index (χ0) is 14.5. The summed E-state index contributed by atoms with van der Waals surface area (Å²) >= 11 is 0. The number of aryl methyl sites for hydroxylation is 1. The number of rotatable bonds is 7. The van der Waals surface area contributed by atoms with E-state index in [2.05, 4.69) is 43.0 Å². The predicted octanol–water partition coefficient (Wildman–Crippen LogP) is 1.76. The summed E-state index contributed by atoms with van der Waals surface area (Å²) in [5.74, 6) is 0. The molecule has 108 valence electrons. The quantitative estimate of drug-likeness (QED) is 0.764. The van der Waals surface area contributed by atoms with Gasteiger partial charge in [-0.3, -0.25) is 4.90 Å². The number of ether oxygens (including phenoxy) is 2.